The summed E-state index contributed by atoms with van der Waals surface area (Å²) in [6, 6.07) is 21.3. The van der Waals surface area contributed by atoms with Crippen LogP contribution in [0.3, 0.4) is 0 Å². The summed E-state index contributed by atoms with van der Waals surface area (Å²) in [5.41, 5.74) is 10.7. The smallest absolute Gasteiger partial charge is 0.127 e. The minimum absolute atomic E-state index is 0.478. The molecule has 0 unspecified atom stereocenters. The summed E-state index contributed by atoms with van der Waals surface area (Å²) in [7, 11) is 0. The molecule has 2 heterocycles. The molecule has 0 aliphatic carbocycles. The minimum atomic E-state index is 0.478. The summed E-state index contributed by atoms with van der Waals surface area (Å²) >= 11 is 0. The molecular weight excluding hydrogens is 406 g/mol. The van der Waals surface area contributed by atoms with Crippen molar-refractivity contribution in [2.24, 2.45) is 0 Å². The van der Waals surface area contributed by atoms with Gasteiger partial charge in [-0.25, -0.2) is 4.98 Å². The van der Waals surface area contributed by atoms with Crippen LogP contribution < -0.4 is 4.74 Å². The van der Waals surface area contributed by atoms with E-state index in [0.29, 0.717) is 12.2 Å². The van der Waals surface area contributed by atoms with E-state index < -0.39 is 0 Å². The summed E-state index contributed by atoms with van der Waals surface area (Å²) in [6.07, 6.45) is 0.880. The predicted molar refractivity (Wildman–Crippen MR) is 132 cm³/mol. The van der Waals surface area contributed by atoms with Gasteiger partial charge in [0.05, 0.1) is 17.1 Å². The molecular formula is C29H27N3O. The third-order valence-corrected chi connectivity index (χ3v) is 6.45. The van der Waals surface area contributed by atoms with Crippen molar-refractivity contribution in [2.75, 3.05) is 0 Å². The van der Waals surface area contributed by atoms with Gasteiger partial charge in [0.2, 0.25) is 0 Å². The molecule has 0 saturated carbocycles. The maximum atomic E-state index is 9.70. The third kappa shape index (κ3) is 3.60. The molecule has 1 aliphatic heterocycles. The van der Waals surface area contributed by atoms with E-state index in [2.05, 4.69) is 61.7 Å². The van der Waals surface area contributed by atoms with Crippen molar-refractivity contribution in [3.8, 4) is 11.8 Å². The molecule has 0 radical (unpaired) electrons. The highest BCUT2D eigenvalue weighted by molar-refractivity contribution is 5.88. The fourth-order valence-electron chi connectivity index (χ4n) is 4.91. The number of para-hydroxylation sites is 1. The first-order valence-electron chi connectivity index (χ1n) is 11.4. The average Bonchev–Trinajstić information content (AvgIpc) is 3.07. The van der Waals surface area contributed by atoms with Gasteiger partial charge in [-0.3, -0.25) is 0 Å². The van der Waals surface area contributed by atoms with Crippen LogP contribution >= 0.6 is 0 Å². The second-order valence-corrected chi connectivity index (χ2v) is 8.81. The second-order valence-electron chi connectivity index (χ2n) is 8.81. The molecule has 1 aromatic heterocycles. The van der Waals surface area contributed by atoms with Gasteiger partial charge in [-0.2, -0.15) is 5.26 Å². The van der Waals surface area contributed by atoms with Crippen LogP contribution in [0.5, 0.6) is 5.75 Å². The zero-order valence-electron chi connectivity index (χ0n) is 19.6. The van der Waals surface area contributed by atoms with Gasteiger partial charge in [0, 0.05) is 29.7 Å². The average molecular weight is 434 g/mol. The number of aryl methyl sites for hydroxylation is 3. The number of nitrogens with zero attached hydrogens (tertiary/aromatic N) is 3. The van der Waals surface area contributed by atoms with E-state index in [0.717, 1.165) is 52.3 Å². The summed E-state index contributed by atoms with van der Waals surface area (Å²) in [4.78, 5) is 4.94. The molecule has 0 N–H and O–H groups in total. The van der Waals surface area contributed by atoms with E-state index in [4.69, 9.17) is 9.72 Å². The number of allylic oxidation sites excluding steroid dienone is 1. The van der Waals surface area contributed by atoms with Crippen LogP contribution in [0.25, 0.3) is 16.6 Å². The van der Waals surface area contributed by atoms with Crippen LogP contribution in [0.2, 0.25) is 0 Å². The van der Waals surface area contributed by atoms with E-state index >= 15 is 0 Å². The molecule has 4 heteroatoms. The van der Waals surface area contributed by atoms with Crippen molar-refractivity contribution >= 4 is 16.6 Å². The highest BCUT2D eigenvalue weighted by Crippen LogP contribution is 2.38. The van der Waals surface area contributed by atoms with Crippen LogP contribution in [0, 0.1) is 25.2 Å². The highest BCUT2D eigenvalue weighted by atomic mass is 16.5. The van der Waals surface area contributed by atoms with E-state index in [1.807, 2.05) is 31.2 Å². The van der Waals surface area contributed by atoms with Crippen LogP contribution in [0.15, 0.2) is 60.2 Å². The largest absolute Gasteiger partial charge is 0.488 e. The predicted octanol–water partition coefficient (Wildman–Crippen LogP) is 6.50. The molecule has 0 bridgehead atoms. The molecule has 0 fully saturated rings. The number of ether oxygens (including phenoxy) is 1. The summed E-state index contributed by atoms with van der Waals surface area (Å²) in [5, 5.41) is 9.70. The van der Waals surface area contributed by atoms with Gasteiger partial charge in [-0.1, -0.05) is 43.3 Å². The Bertz CT molecular complexity index is 1470. The molecule has 4 aromatic rings. The summed E-state index contributed by atoms with van der Waals surface area (Å²) in [6.45, 7) is 9.53. The van der Waals surface area contributed by atoms with Gasteiger partial charge in [-0.15, -0.1) is 0 Å². The van der Waals surface area contributed by atoms with E-state index in [-0.39, 0.29) is 0 Å². The lowest BCUT2D eigenvalue weighted by molar-refractivity contribution is 0.307. The first kappa shape index (κ1) is 21.0. The number of fused-ring (bicyclic) bond motifs is 3. The zero-order valence-corrected chi connectivity index (χ0v) is 19.6. The lowest BCUT2D eigenvalue weighted by Crippen LogP contribution is -2.06. The highest BCUT2D eigenvalue weighted by Gasteiger charge is 2.22. The number of hydrogen-bond acceptors (Lipinski definition) is 3. The Morgan fingerprint density at radius 1 is 1.09 bits per heavy atom. The van der Waals surface area contributed by atoms with Crippen LogP contribution in [-0.2, 0) is 19.6 Å². The van der Waals surface area contributed by atoms with Crippen LogP contribution in [-0.4, -0.2) is 9.55 Å². The van der Waals surface area contributed by atoms with Crippen LogP contribution in [0.1, 0.15) is 53.1 Å². The number of imidazole rings is 1. The molecule has 164 valence electrons. The molecule has 5 rings (SSSR count). The van der Waals surface area contributed by atoms with E-state index in [1.54, 1.807) is 0 Å². The normalized spacial score (nSPS) is 14.2. The third-order valence-electron chi connectivity index (χ3n) is 6.45. The lowest BCUT2D eigenvalue weighted by Gasteiger charge is -2.14. The van der Waals surface area contributed by atoms with Gasteiger partial charge in [-0.05, 0) is 66.8 Å². The molecule has 3 aromatic carbocycles. The topological polar surface area (TPSA) is 50.8 Å². The molecule has 4 nitrogen and oxygen atoms in total. The minimum Gasteiger partial charge on any atom is -0.488 e. The monoisotopic (exact) mass is 433 g/mol. The number of nitriles is 1. The van der Waals surface area contributed by atoms with Crippen molar-refractivity contribution in [3.05, 3.63) is 99.4 Å². The SMILES string of the molecule is CCc1nc2c(C)cc(C)cc2n1Cc1ccc2c(c1)COc1ccccc1/C2=C(/C)C#N. The summed E-state index contributed by atoms with van der Waals surface area (Å²) < 4.78 is 8.51. The molecule has 0 saturated heterocycles. The molecule has 0 spiro atoms. The quantitative estimate of drug-likeness (QED) is 0.346. The summed E-state index contributed by atoms with van der Waals surface area (Å²) in [5.74, 6) is 1.91. The van der Waals surface area contributed by atoms with Crippen molar-refractivity contribution in [3.63, 3.8) is 0 Å². The zero-order chi connectivity index (χ0) is 23.1. The van der Waals surface area contributed by atoms with Crippen LogP contribution in [0.4, 0.5) is 0 Å². The van der Waals surface area contributed by atoms with Gasteiger partial charge in [0.15, 0.2) is 0 Å². The first-order chi connectivity index (χ1) is 16.0. The van der Waals surface area contributed by atoms with Gasteiger partial charge >= 0.3 is 0 Å². The van der Waals surface area contributed by atoms with Crippen molar-refractivity contribution in [1.29, 1.82) is 5.26 Å². The molecule has 0 amide bonds. The molecule has 0 atom stereocenters. The molecule has 33 heavy (non-hydrogen) atoms. The number of benzene rings is 3. The first-order valence-corrected chi connectivity index (χ1v) is 11.4. The van der Waals surface area contributed by atoms with Crippen molar-refractivity contribution in [2.45, 2.75) is 47.3 Å². The van der Waals surface area contributed by atoms with E-state index in [1.165, 1.54) is 22.2 Å². The van der Waals surface area contributed by atoms with Gasteiger partial charge in [0.25, 0.3) is 0 Å². The second kappa shape index (κ2) is 8.26. The Morgan fingerprint density at radius 3 is 2.70 bits per heavy atom. The Labute approximate surface area is 194 Å². The van der Waals surface area contributed by atoms with Crippen molar-refractivity contribution in [1.82, 2.24) is 9.55 Å². The van der Waals surface area contributed by atoms with E-state index in [9.17, 15) is 5.26 Å². The lowest BCUT2D eigenvalue weighted by atomic mass is 9.90. The Balaban J connectivity index is 1.62. The maximum absolute atomic E-state index is 9.70. The Kier molecular flexibility index (Phi) is 5.26. The van der Waals surface area contributed by atoms with Crippen molar-refractivity contribution < 1.29 is 4.74 Å². The molecule has 1 aliphatic rings. The number of hydrogen-bond donors (Lipinski definition) is 0. The fourth-order valence-corrected chi connectivity index (χ4v) is 4.91. The Hall–Kier alpha value is -3.84. The fraction of sp³-hybridized carbons (Fsp3) is 0.241. The Morgan fingerprint density at radius 2 is 1.91 bits per heavy atom. The van der Waals surface area contributed by atoms with Gasteiger partial charge in [0.1, 0.15) is 18.2 Å². The number of rotatable bonds is 3. The maximum Gasteiger partial charge on any atom is 0.127 e. The van der Waals surface area contributed by atoms with Gasteiger partial charge < -0.3 is 9.30 Å². The standard InChI is InChI=1S/C29H27N3O/c1-5-27-31-29-19(3)12-18(2)13-25(29)32(27)16-21-10-11-23-22(14-21)17-33-26-9-7-6-8-24(26)28(23)20(4)15-30/h6-14H,5,16-17H2,1-4H3/b28-20-. The number of aromatic nitrogens is 2.